The highest BCUT2D eigenvalue weighted by molar-refractivity contribution is 5.93. The molecule has 3 heterocycles. The minimum Gasteiger partial charge on any atom is -0.345 e. The van der Waals surface area contributed by atoms with E-state index in [1.54, 1.807) is 24.1 Å². The molecule has 0 aliphatic rings. The van der Waals surface area contributed by atoms with Crippen LogP contribution < -0.4 is 5.32 Å². The molecule has 0 aliphatic carbocycles. The maximum absolute atomic E-state index is 12.3. The fourth-order valence-electron chi connectivity index (χ4n) is 2.93. The number of carbonyl (C=O) groups is 1. The Balaban J connectivity index is 1.63. The van der Waals surface area contributed by atoms with Gasteiger partial charge in [-0.2, -0.15) is 5.10 Å². The molecule has 140 valence electrons. The minimum absolute atomic E-state index is 0.194. The van der Waals surface area contributed by atoms with Crippen molar-refractivity contribution in [1.82, 2.24) is 30.0 Å². The molecule has 0 saturated carbocycles. The monoisotopic (exact) mass is 372 g/mol. The Morgan fingerprint density at radius 3 is 2.68 bits per heavy atom. The Bertz CT molecular complexity index is 1100. The first kappa shape index (κ1) is 17.7. The van der Waals surface area contributed by atoms with E-state index in [4.69, 9.17) is 4.98 Å². The predicted molar refractivity (Wildman–Crippen MR) is 106 cm³/mol. The predicted octanol–water partition coefficient (Wildman–Crippen LogP) is 3.11. The summed E-state index contributed by atoms with van der Waals surface area (Å²) in [6.45, 7) is 2.33. The second-order valence-corrected chi connectivity index (χ2v) is 6.57. The summed E-state index contributed by atoms with van der Waals surface area (Å²) >= 11 is 0. The van der Waals surface area contributed by atoms with Crippen LogP contribution in [-0.4, -0.2) is 30.6 Å². The molecule has 1 amide bonds. The number of rotatable bonds is 5. The average Bonchev–Trinajstić information content (AvgIpc) is 3.34. The lowest BCUT2D eigenvalue weighted by atomic mass is 10.1. The van der Waals surface area contributed by atoms with Crippen LogP contribution in [0.2, 0.25) is 0 Å². The van der Waals surface area contributed by atoms with Gasteiger partial charge in [0.25, 0.3) is 5.91 Å². The van der Waals surface area contributed by atoms with E-state index in [0.717, 1.165) is 22.6 Å². The topological polar surface area (TPSA) is 88.5 Å². The zero-order chi connectivity index (χ0) is 19.5. The molecule has 7 nitrogen and oxygen atoms in total. The highest BCUT2D eigenvalue weighted by Crippen LogP contribution is 2.29. The molecule has 1 aromatic carbocycles. The van der Waals surface area contributed by atoms with Gasteiger partial charge in [0.05, 0.1) is 35.4 Å². The number of aryl methyl sites for hydroxylation is 2. The van der Waals surface area contributed by atoms with Gasteiger partial charge in [0.1, 0.15) is 5.82 Å². The van der Waals surface area contributed by atoms with E-state index in [0.29, 0.717) is 11.4 Å². The summed E-state index contributed by atoms with van der Waals surface area (Å²) in [4.78, 5) is 24.8. The third kappa shape index (κ3) is 3.68. The molecule has 28 heavy (non-hydrogen) atoms. The Morgan fingerprint density at radius 2 is 2.00 bits per heavy atom. The number of carbonyl (C=O) groups excluding carboxylic acids is 1. The van der Waals surface area contributed by atoms with E-state index >= 15 is 0 Å². The second-order valence-electron chi connectivity index (χ2n) is 6.57. The summed E-state index contributed by atoms with van der Waals surface area (Å²) in [6, 6.07) is 13.9. The number of aromatic amines is 1. The summed E-state index contributed by atoms with van der Waals surface area (Å²) in [6.07, 6.45) is 4.96. The number of pyridine rings is 1. The summed E-state index contributed by atoms with van der Waals surface area (Å²) in [7, 11) is 1.77. The lowest BCUT2D eigenvalue weighted by molar-refractivity contribution is 0.0950. The van der Waals surface area contributed by atoms with Gasteiger partial charge in [0.15, 0.2) is 0 Å². The molecular weight excluding hydrogens is 352 g/mol. The zero-order valence-electron chi connectivity index (χ0n) is 15.7. The van der Waals surface area contributed by atoms with E-state index in [9.17, 15) is 4.79 Å². The van der Waals surface area contributed by atoms with Gasteiger partial charge in [-0.25, -0.2) is 4.98 Å². The van der Waals surface area contributed by atoms with Crippen LogP contribution in [0.1, 0.15) is 21.7 Å². The highest BCUT2D eigenvalue weighted by atomic mass is 16.1. The van der Waals surface area contributed by atoms with Crippen molar-refractivity contribution < 1.29 is 4.79 Å². The quantitative estimate of drug-likeness (QED) is 0.563. The van der Waals surface area contributed by atoms with Crippen LogP contribution in [0.5, 0.6) is 0 Å². The first-order valence-electron chi connectivity index (χ1n) is 8.94. The van der Waals surface area contributed by atoms with Crippen LogP contribution in [0.15, 0.2) is 61.1 Å². The highest BCUT2D eigenvalue weighted by Gasteiger charge is 2.16. The van der Waals surface area contributed by atoms with E-state index in [-0.39, 0.29) is 12.5 Å². The van der Waals surface area contributed by atoms with E-state index in [2.05, 4.69) is 32.5 Å². The number of benzene rings is 1. The molecule has 3 aromatic heterocycles. The molecule has 0 atom stereocenters. The molecule has 4 rings (SSSR count). The maximum Gasteiger partial charge on any atom is 0.254 e. The fraction of sp³-hybridized carbons (Fsp3) is 0.143. The van der Waals surface area contributed by atoms with Gasteiger partial charge >= 0.3 is 0 Å². The maximum atomic E-state index is 12.3. The molecule has 0 spiro atoms. The van der Waals surface area contributed by atoms with Crippen molar-refractivity contribution in [3.05, 3.63) is 78.0 Å². The third-order valence-corrected chi connectivity index (χ3v) is 4.38. The van der Waals surface area contributed by atoms with Gasteiger partial charge < -0.3 is 10.3 Å². The number of amides is 1. The first-order chi connectivity index (χ1) is 13.6. The molecular formula is C21H20N6O. The Morgan fingerprint density at radius 1 is 1.18 bits per heavy atom. The number of H-pyrrole nitrogens is 1. The number of nitrogens with one attached hydrogen (secondary N) is 2. The van der Waals surface area contributed by atoms with Crippen LogP contribution in [0.25, 0.3) is 22.6 Å². The van der Waals surface area contributed by atoms with Gasteiger partial charge in [-0.3, -0.25) is 14.5 Å². The van der Waals surface area contributed by atoms with Crippen molar-refractivity contribution in [1.29, 1.82) is 0 Å². The lowest BCUT2D eigenvalue weighted by Gasteiger charge is -2.02. The molecule has 0 radical (unpaired) electrons. The summed E-state index contributed by atoms with van der Waals surface area (Å²) in [5, 5.41) is 6.90. The smallest absolute Gasteiger partial charge is 0.254 e. The largest absolute Gasteiger partial charge is 0.345 e. The molecule has 0 aliphatic heterocycles. The first-order valence-corrected chi connectivity index (χ1v) is 8.94. The number of imidazole rings is 1. The fourth-order valence-corrected chi connectivity index (χ4v) is 2.93. The van der Waals surface area contributed by atoms with Gasteiger partial charge in [0.2, 0.25) is 0 Å². The van der Waals surface area contributed by atoms with Crippen molar-refractivity contribution >= 4 is 5.91 Å². The second kappa shape index (κ2) is 7.48. The molecule has 0 fully saturated rings. The van der Waals surface area contributed by atoms with Crippen LogP contribution in [0.4, 0.5) is 0 Å². The average molecular weight is 372 g/mol. The number of nitrogens with zero attached hydrogens (tertiary/aromatic N) is 4. The lowest BCUT2D eigenvalue weighted by Crippen LogP contribution is -2.23. The van der Waals surface area contributed by atoms with Crippen molar-refractivity contribution in [2.45, 2.75) is 13.5 Å². The summed E-state index contributed by atoms with van der Waals surface area (Å²) < 4.78 is 1.59. The van der Waals surface area contributed by atoms with Gasteiger partial charge in [-0.15, -0.1) is 0 Å². The number of hydrogen-bond donors (Lipinski definition) is 2. The summed E-state index contributed by atoms with van der Waals surface area (Å²) in [5.74, 6) is 0.467. The van der Waals surface area contributed by atoms with Gasteiger partial charge in [-0.1, -0.05) is 35.9 Å². The zero-order valence-corrected chi connectivity index (χ0v) is 15.7. The van der Waals surface area contributed by atoms with Crippen LogP contribution in [0.3, 0.4) is 0 Å². The number of hydrogen-bond acceptors (Lipinski definition) is 4. The van der Waals surface area contributed by atoms with Crippen molar-refractivity contribution in [2.75, 3.05) is 0 Å². The van der Waals surface area contributed by atoms with Crippen molar-refractivity contribution in [2.24, 2.45) is 7.05 Å². The minimum atomic E-state index is -0.194. The molecule has 0 bridgehead atoms. The number of aromatic nitrogens is 5. The SMILES string of the molecule is Cc1ccc(-c2nc(CNC(=O)c3cnn(C)c3)[nH]c2-c2ccccn2)cc1. The van der Waals surface area contributed by atoms with E-state index < -0.39 is 0 Å². The summed E-state index contributed by atoms with van der Waals surface area (Å²) in [5.41, 5.74) is 5.13. The molecule has 0 saturated heterocycles. The van der Waals surface area contributed by atoms with Gasteiger partial charge in [0, 0.05) is 25.0 Å². The van der Waals surface area contributed by atoms with Crippen molar-refractivity contribution in [3.63, 3.8) is 0 Å². The Hall–Kier alpha value is -3.74. The molecule has 4 aromatic rings. The molecule has 7 heteroatoms. The Kier molecular flexibility index (Phi) is 4.72. The molecule has 0 unspecified atom stereocenters. The van der Waals surface area contributed by atoms with E-state index in [1.165, 1.54) is 11.8 Å². The Labute approximate surface area is 162 Å². The van der Waals surface area contributed by atoms with E-state index in [1.807, 2.05) is 37.3 Å². The van der Waals surface area contributed by atoms with Gasteiger partial charge in [-0.05, 0) is 19.1 Å². The van der Waals surface area contributed by atoms with Crippen LogP contribution >= 0.6 is 0 Å². The third-order valence-electron chi connectivity index (χ3n) is 4.38. The normalized spacial score (nSPS) is 10.8. The van der Waals surface area contributed by atoms with Crippen LogP contribution in [0, 0.1) is 6.92 Å². The standard InChI is InChI=1S/C21H20N6O/c1-14-6-8-15(9-7-14)19-20(17-5-3-4-10-22-17)26-18(25-19)12-23-21(28)16-11-24-27(2)13-16/h3-11,13H,12H2,1-2H3,(H,23,28)(H,25,26). The van der Waals surface area contributed by atoms with Crippen LogP contribution in [-0.2, 0) is 13.6 Å². The van der Waals surface area contributed by atoms with Crippen molar-refractivity contribution in [3.8, 4) is 22.6 Å². The molecule has 2 N–H and O–H groups in total.